The van der Waals surface area contributed by atoms with Crippen LogP contribution in [0.4, 0.5) is 10.5 Å². The molecule has 160 valence electrons. The summed E-state index contributed by atoms with van der Waals surface area (Å²) >= 11 is 0.998. The number of aliphatic hydroxyl groups is 1. The van der Waals surface area contributed by atoms with Crippen LogP contribution in [0.25, 0.3) is 0 Å². The Hall–Kier alpha value is -1.88. The molecule has 1 saturated carbocycles. The van der Waals surface area contributed by atoms with Crippen molar-refractivity contribution in [1.82, 2.24) is 9.97 Å². The Bertz CT molecular complexity index is 1180. The van der Waals surface area contributed by atoms with Gasteiger partial charge in [-0.2, -0.15) is 0 Å². The minimum absolute atomic E-state index is 0.0249. The van der Waals surface area contributed by atoms with Crippen molar-refractivity contribution in [1.29, 1.82) is 0 Å². The molecule has 3 aliphatic rings. The van der Waals surface area contributed by atoms with Gasteiger partial charge in [0.15, 0.2) is 9.92 Å². The fourth-order valence-corrected chi connectivity index (χ4v) is 6.63. The summed E-state index contributed by atoms with van der Waals surface area (Å²) in [5.74, 6) is 0. The number of amides is 2. The van der Waals surface area contributed by atoms with E-state index >= 15 is 0 Å². The highest BCUT2D eigenvalue weighted by molar-refractivity contribution is 7.93. The SMILES string of the molecule is CC(C)(O)c1cnc([S@](N)(=O)=NC(=O)Nc2c3c(nc4c2CCC42CC2)CCC3)s1. The van der Waals surface area contributed by atoms with E-state index in [0.29, 0.717) is 4.88 Å². The smallest absolute Gasteiger partial charge is 0.354 e. The van der Waals surface area contributed by atoms with Crippen LogP contribution in [0.15, 0.2) is 14.9 Å². The zero-order valence-electron chi connectivity index (χ0n) is 17.0. The van der Waals surface area contributed by atoms with E-state index in [0.717, 1.165) is 84.5 Å². The number of carbonyl (C=O) groups excluding carboxylic acids is 1. The van der Waals surface area contributed by atoms with Crippen molar-refractivity contribution in [2.24, 2.45) is 9.50 Å². The van der Waals surface area contributed by atoms with Crippen LogP contribution in [-0.2, 0) is 40.2 Å². The predicted molar refractivity (Wildman–Crippen MR) is 115 cm³/mol. The molecule has 1 atom stereocenters. The summed E-state index contributed by atoms with van der Waals surface area (Å²) in [6.45, 7) is 3.20. The molecule has 4 N–H and O–H groups in total. The molecule has 0 aromatic carbocycles. The molecule has 0 saturated heterocycles. The average molecular weight is 448 g/mol. The van der Waals surface area contributed by atoms with Crippen molar-refractivity contribution in [2.45, 2.75) is 74.1 Å². The van der Waals surface area contributed by atoms with Crippen LogP contribution in [0.1, 0.15) is 66.9 Å². The summed E-state index contributed by atoms with van der Waals surface area (Å²) in [6, 6.07) is -0.734. The topological polar surface area (TPSA) is 131 Å². The number of nitrogens with two attached hydrogens (primary N) is 1. The predicted octanol–water partition coefficient (Wildman–Crippen LogP) is 3.16. The average Bonchev–Trinajstić information content (AvgIpc) is 3.05. The third kappa shape index (κ3) is 3.26. The first-order chi connectivity index (χ1) is 14.1. The fraction of sp³-hybridized carbons (Fsp3) is 0.550. The quantitative estimate of drug-likeness (QED) is 0.665. The van der Waals surface area contributed by atoms with Gasteiger partial charge >= 0.3 is 6.03 Å². The number of aromatic nitrogens is 2. The summed E-state index contributed by atoms with van der Waals surface area (Å²) in [4.78, 5) is 22.3. The van der Waals surface area contributed by atoms with E-state index < -0.39 is 21.5 Å². The highest BCUT2D eigenvalue weighted by Crippen LogP contribution is 2.58. The molecular weight excluding hydrogens is 422 g/mol. The van der Waals surface area contributed by atoms with Crippen LogP contribution < -0.4 is 10.5 Å². The van der Waals surface area contributed by atoms with E-state index in [-0.39, 0.29) is 9.75 Å². The first-order valence-corrected chi connectivity index (χ1v) is 12.6. The van der Waals surface area contributed by atoms with Gasteiger partial charge in [-0.25, -0.2) is 19.1 Å². The van der Waals surface area contributed by atoms with Crippen molar-refractivity contribution >= 4 is 33.0 Å². The van der Waals surface area contributed by atoms with Crippen LogP contribution in [0, 0.1) is 0 Å². The number of hydrogen-bond donors (Lipinski definition) is 3. The Balaban J connectivity index is 1.48. The standard InChI is InChI=1S/C20H25N5O3S2/c1-19(2,27)14-10-22-18(29-14)30(21,28)25-17(26)24-15-11-4-3-5-13(11)23-16-12(15)6-7-20(16)8-9-20/h10,27H,3-9H2,1-2H3,(H3,21,23,24,25,26,28)/t30-/m1/s1. The van der Waals surface area contributed by atoms with Gasteiger partial charge < -0.3 is 10.4 Å². The summed E-state index contributed by atoms with van der Waals surface area (Å²) in [6.07, 6.45) is 8.52. The van der Waals surface area contributed by atoms with E-state index in [9.17, 15) is 14.1 Å². The number of nitrogens with zero attached hydrogens (tertiary/aromatic N) is 3. The number of rotatable bonds is 3. The van der Waals surface area contributed by atoms with E-state index in [4.69, 9.17) is 10.1 Å². The zero-order valence-corrected chi connectivity index (χ0v) is 18.7. The maximum absolute atomic E-state index is 12.9. The Morgan fingerprint density at radius 3 is 2.73 bits per heavy atom. The highest BCUT2D eigenvalue weighted by atomic mass is 32.2. The molecule has 1 spiro atoms. The second kappa shape index (κ2) is 6.56. The molecule has 0 unspecified atom stereocenters. The molecule has 0 radical (unpaired) electrons. The number of hydrogen-bond acceptors (Lipinski definition) is 6. The largest absolute Gasteiger partial charge is 0.385 e. The van der Waals surface area contributed by atoms with Gasteiger partial charge in [0.25, 0.3) is 0 Å². The Morgan fingerprint density at radius 1 is 1.30 bits per heavy atom. The van der Waals surface area contributed by atoms with Gasteiger partial charge in [-0.15, -0.1) is 15.7 Å². The van der Waals surface area contributed by atoms with Crippen LogP contribution in [-0.4, -0.2) is 25.3 Å². The number of carbonyl (C=O) groups is 1. The molecule has 5 rings (SSSR count). The number of fused-ring (bicyclic) bond motifs is 3. The number of nitrogens with one attached hydrogen (secondary N) is 1. The van der Waals surface area contributed by atoms with Gasteiger partial charge in [0.05, 0.1) is 21.9 Å². The van der Waals surface area contributed by atoms with Gasteiger partial charge in [0.2, 0.25) is 4.34 Å². The molecular formula is C20H25N5O3S2. The van der Waals surface area contributed by atoms with Crippen molar-refractivity contribution in [2.75, 3.05) is 5.32 Å². The molecule has 2 aromatic rings. The Morgan fingerprint density at radius 2 is 2.07 bits per heavy atom. The minimum atomic E-state index is -3.51. The number of thiazole rings is 1. The summed E-state index contributed by atoms with van der Waals surface area (Å²) < 4.78 is 16.7. The molecule has 1 fully saturated rings. The molecule has 2 amide bonds. The third-order valence-electron chi connectivity index (χ3n) is 6.32. The van der Waals surface area contributed by atoms with Gasteiger partial charge in [0.1, 0.15) is 0 Å². The maximum Gasteiger partial charge on any atom is 0.354 e. The summed E-state index contributed by atoms with van der Waals surface area (Å²) in [5.41, 5.74) is 4.28. The van der Waals surface area contributed by atoms with E-state index in [1.54, 1.807) is 13.8 Å². The van der Waals surface area contributed by atoms with Crippen LogP contribution in [0.3, 0.4) is 0 Å². The van der Waals surface area contributed by atoms with Crippen molar-refractivity contribution < 1.29 is 14.1 Å². The molecule has 2 heterocycles. The first kappa shape index (κ1) is 20.0. The van der Waals surface area contributed by atoms with Crippen LogP contribution in [0.5, 0.6) is 0 Å². The monoisotopic (exact) mass is 447 g/mol. The third-order valence-corrected chi connectivity index (χ3v) is 9.44. The normalized spacial score (nSPS) is 20.5. The lowest BCUT2D eigenvalue weighted by atomic mass is 10.0. The second-order valence-electron chi connectivity index (χ2n) is 9.01. The highest BCUT2D eigenvalue weighted by Gasteiger charge is 2.51. The van der Waals surface area contributed by atoms with Crippen molar-refractivity contribution in [3.05, 3.63) is 33.6 Å². The molecule has 8 nitrogen and oxygen atoms in total. The molecule has 3 aliphatic carbocycles. The number of urea groups is 1. The summed E-state index contributed by atoms with van der Waals surface area (Å²) in [5, 5.41) is 18.9. The lowest BCUT2D eigenvalue weighted by molar-refractivity contribution is 0.0823. The molecule has 30 heavy (non-hydrogen) atoms. The molecule has 0 bridgehead atoms. The van der Waals surface area contributed by atoms with E-state index in [1.165, 1.54) is 6.20 Å². The van der Waals surface area contributed by atoms with Crippen LogP contribution >= 0.6 is 11.3 Å². The lowest BCUT2D eigenvalue weighted by Crippen LogP contribution is -2.19. The zero-order chi connectivity index (χ0) is 21.3. The van der Waals surface area contributed by atoms with Crippen molar-refractivity contribution in [3.63, 3.8) is 0 Å². The first-order valence-electron chi connectivity index (χ1n) is 10.2. The van der Waals surface area contributed by atoms with Gasteiger partial charge in [0, 0.05) is 17.3 Å². The van der Waals surface area contributed by atoms with Gasteiger partial charge in [-0.05, 0) is 69.9 Å². The van der Waals surface area contributed by atoms with Crippen LogP contribution in [0.2, 0.25) is 0 Å². The van der Waals surface area contributed by atoms with Gasteiger partial charge in [-0.3, -0.25) is 4.98 Å². The number of pyridine rings is 1. The second-order valence-corrected chi connectivity index (χ2v) is 12.0. The van der Waals surface area contributed by atoms with Crippen molar-refractivity contribution in [3.8, 4) is 0 Å². The number of aryl methyl sites for hydroxylation is 1. The molecule has 2 aromatic heterocycles. The lowest BCUT2D eigenvalue weighted by Gasteiger charge is -2.16. The minimum Gasteiger partial charge on any atom is -0.385 e. The maximum atomic E-state index is 12.9. The Labute approximate surface area is 179 Å². The fourth-order valence-electron chi connectivity index (χ4n) is 4.54. The van der Waals surface area contributed by atoms with E-state index in [2.05, 4.69) is 14.7 Å². The number of anilines is 1. The Kier molecular flexibility index (Phi) is 4.38. The summed E-state index contributed by atoms with van der Waals surface area (Å²) in [7, 11) is -3.51. The van der Waals surface area contributed by atoms with Gasteiger partial charge in [-0.1, -0.05) is 0 Å². The van der Waals surface area contributed by atoms with E-state index in [1.807, 2.05) is 0 Å². The molecule has 10 heteroatoms. The molecule has 0 aliphatic heterocycles.